The van der Waals surface area contributed by atoms with Gasteiger partial charge in [0.05, 0.1) is 6.42 Å². The Bertz CT molecular complexity index is 890. The highest BCUT2D eigenvalue weighted by atomic mass is 16.2. The van der Waals surface area contributed by atoms with Crippen LogP contribution in [0, 0.1) is 0 Å². The van der Waals surface area contributed by atoms with Crippen LogP contribution in [0.3, 0.4) is 0 Å². The molecule has 1 aromatic heterocycles. The number of aromatic nitrogens is 1. The molecule has 0 saturated carbocycles. The van der Waals surface area contributed by atoms with Gasteiger partial charge in [-0.25, -0.2) is 0 Å². The molecule has 23 heavy (non-hydrogen) atoms. The number of fused-ring (bicyclic) bond motifs is 1. The predicted octanol–water partition coefficient (Wildman–Crippen LogP) is 2.51. The van der Waals surface area contributed by atoms with Crippen molar-refractivity contribution >= 4 is 28.3 Å². The molecule has 5 nitrogen and oxygen atoms in total. The lowest BCUT2D eigenvalue weighted by Crippen LogP contribution is -2.17. The number of nitrogens with zero attached hydrogens (tertiary/aromatic N) is 1. The lowest BCUT2D eigenvalue weighted by atomic mass is 10.0. The summed E-state index contributed by atoms with van der Waals surface area (Å²) in [6, 6.07) is 17.0. The number of amides is 2. The summed E-state index contributed by atoms with van der Waals surface area (Å²) in [5, 5.41) is 4.98. The van der Waals surface area contributed by atoms with E-state index in [-0.39, 0.29) is 18.0 Å². The maximum absolute atomic E-state index is 12.2. The smallest absolute Gasteiger partial charge is 0.267 e. The van der Waals surface area contributed by atoms with Crippen molar-refractivity contribution in [1.82, 2.24) is 4.98 Å². The minimum atomic E-state index is -0.629. The molecule has 0 unspecified atom stereocenters. The van der Waals surface area contributed by atoms with Crippen molar-refractivity contribution in [2.45, 2.75) is 6.42 Å². The third-order valence-corrected chi connectivity index (χ3v) is 3.47. The molecule has 3 N–H and O–H groups in total. The molecular weight excluding hydrogens is 290 g/mol. The number of nitrogens with one attached hydrogen (secondary N) is 1. The van der Waals surface area contributed by atoms with Crippen LogP contribution in [0.5, 0.6) is 0 Å². The molecule has 114 valence electrons. The normalized spacial score (nSPS) is 10.4. The lowest BCUT2D eigenvalue weighted by Gasteiger charge is -2.07. The van der Waals surface area contributed by atoms with Gasteiger partial charge in [0.2, 0.25) is 5.91 Å². The Kier molecular flexibility index (Phi) is 4.01. The van der Waals surface area contributed by atoms with E-state index >= 15 is 0 Å². The highest BCUT2D eigenvalue weighted by molar-refractivity contribution is 5.96. The van der Waals surface area contributed by atoms with Crippen LogP contribution in [-0.4, -0.2) is 16.8 Å². The van der Waals surface area contributed by atoms with Crippen LogP contribution in [0.2, 0.25) is 0 Å². The van der Waals surface area contributed by atoms with Crippen LogP contribution < -0.4 is 11.1 Å². The van der Waals surface area contributed by atoms with E-state index in [1.807, 2.05) is 42.5 Å². The number of carbonyl (C=O) groups is 2. The van der Waals surface area contributed by atoms with Crippen LogP contribution in [-0.2, 0) is 11.2 Å². The second-order valence-corrected chi connectivity index (χ2v) is 5.20. The van der Waals surface area contributed by atoms with Crippen LogP contribution in [0.4, 0.5) is 5.69 Å². The molecule has 0 radical (unpaired) electrons. The Labute approximate surface area is 133 Å². The van der Waals surface area contributed by atoms with Gasteiger partial charge in [0.1, 0.15) is 5.69 Å². The average molecular weight is 305 g/mol. The second kappa shape index (κ2) is 6.27. The van der Waals surface area contributed by atoms with Crippen molar-refractivity contribution in [1.29, 1.82) is 0 Å². The number of primary amides is 1. The largest absolute Gasteiger partial charge is 0.364 e. The van der Waals surface area contributed by atoms with Crippen molar-refractivity contribution in [2.24, 2.45) is 5.73 Å². The zero-order valence-electron chi connectivity index (χ0n) is 12.3. The summed E-state index contributed by atoms with van der Waals surface area (Å²) in [6.07, 6.45) is 1.69. The molecule has 3 aromatic rings. The SMILES string of the molecule is NC(=O)c1cc(NC(=O)Cc2ccc3ccccc3c2)ccn1. The van der Waals surface area contributed by atoms with E-state index in [9.17, 15) is 9.59 Å². The van der Waals surface area contributed by atoms with Gasteiger partial charge in [-0.2, -0.15) is 0 Å². The molecule has 2 amide bonds. The first-order chi connectivity index (χ1) is 11.1. The number of carbonyl (C=O) groups excluding carboxylic acids is 2. The molecule has 2 aromatic carbocycles. The standard InChI is InChI=1S/C18H15N3O2/c19-18(23)16-11-15(7-8-20-16)21-17(22)10-12-5-6-13-3-1-2-4-14(13)9-12/h1-9,11H,10H2,(H2,19,23)(H,20,21,22). The third-order valence-electron chi connectivity index (χ3n) is 3.47. The van der Waals surface area contributed by atoms with Crippen molar-refractivity contribution in [3.63, 3.8) is 0 Å². The molecule has 0 saturated heterocycles. The van der Waals surface area contributed by atoms with Gasteiger partial charge in [-0.15, -0.1) is 0 Å². The maximum atomic E-state index is 12.2. The van der Waals surface area contributed by atoms with E-state index in [1.54, 1.807) is 6.07 Å². The number of benzene rings is 2. The molecule has 1 heterocycles. The van der Waals surface area contributed by atoms with E-state index in [0.717, 1.165) is 16.3 Å². The molecular formula is C18H15N3O2. The fourth-order valence-corrected chi connectivity index (χ4v) is 2.38. The first kappa shape index (κ1) is 14.7. The van der Waals surface area contributed by atoms with Gasteiger partial charge in [-0.3, -0.25) is 14.6 Å². The van der Waals surface area contributed by atoms with Gasteiger partial charge in [0.25, 0.3) is 5.91 Å². The number of hydrogen-bond donors (Lipinski definition) is 2. The molecule has 3 rings (SSSR count). The van der Waals surface area contributed by atoms with Gasteiger partial charge in [0.15, 0.2) is 0 Å². The fourth-order valence-electron chi connectivity index (χ4n) is 2.38. The van der Waals surface area contributed by atoms with E-state index in [2.05, 4.69) is 10.3 Å². The topological polar surface area (TPSA) is 85.1 Å². The van der Waals surface area contributed by atoms with Gasteiger partial charge in [-0.05, 0) is 28.5 Å². The quantitative estimate of drug-likeness (QED) is 0.776. The van der Waals surface area contributed by atoms with E-state index in [1.165, 1.54) is 12.3 Å². The summed E-state index contributed by atoms with van der Waals surface area (Å²) >= 11 is 0. The molecule has 5 heteroatoms. The fraction of sp³-hybridized carbons (Fsp3) is 0.0556. The van der Waals surface area contributed by atoms with Crippen LogP contribution in [0.25, 0.3) is 10.8 Å². The summed E-state index contributed by atoms with van der Waals surface area (Å²) in [5.41, 5.74) is 6.72. The van der Waals surface area contributed by atoms with E-state index in [4.69, 9.17) is 5.73 Å². The van der Waals surface area contributed by atoms with Crippen LogP contribution >= 0.6 is 0 Å². The number of anilines is 1. The number of rotatable bonds is 4. The molecule has 0 aliphatic heterocycles. The Hall–Kier alpha value is -3.21. The minimum Gasteiger partial charge on any atom is -0.364 e. The number of nitrogens with two attached hydrogens (primary N) is 1. The van der Waals surface area contributed by atoms with Crippen molar-refractivity contribution in [2.75, 3.05) is 5.32 Å². The summed E-state index contributed by atoms with van der Waals surface area (Å²) in [6.45, 7) is 0. The minimum absolute atomic E-state index is 0.119. The van der Waals surface area contributed by atoms with Gasteiger partial charge in [0, 0.05) is 11.9 Å². The van der Waals surface area contributed by atoms with Gasteiger partial charge in [-0.1, -0.05) is 42.5 Å². The molecule has 0 aliphatic carbocycles. The number of pyridine rings is 1. The van der Waals surface area contributed by atoms with Crippen molar-refractivity contribution in [3.05, 3.63) is 72.1 Å². The summed E-state index contributed by atoms with van der Waals surface area (Å²) in [7, 11) is 0. The van der Waals surface area contributed by atoms with Crippen LogP contribution in [0.1, 0.15) is 16.1 Å². The molecule has 0 aliphatic rings. The average Bonchev–Trinajstić information content (AvgIpc) is 2.55. The van der Waals surface area contributed by atoms with Crippen molar-refractivity contribution < 1.29 is 9.59 Å². The Morgan fingerprint density at radius 1 is 1.00 bits per heavy atom. The monoisotopic (exact) mass is 305 g/mol. The van der Waals surface area contributed by atoms with Gasteiger partial charge < -0.3 is 11.1 Å². The van der Waals surface area contributed by atoms with E-state index < -0.39 is 5.91 Å². The molecule has 0 fully saturated rings. The number of hydrogen-bond acceptors (Lipinski definition) is 3. The second-order valence-electron chi connectivity index (χ2n) is 5.20. The molecule has 0 bridgehead atoms. The predicted molar refractivity (Wildman–Crippen MR) is 89.0 cm³/mol. The van der Waals surface area contributed by atoms with Gasteiger partial charge >= 0.3 is 0 Å². The Morgan fingerprint density at radius 3 is 2.57 bits per heavy atom. The summed E-state index contributed by atoms with van der Waals surface area (Å²) in [4.78, 5) is 27.1. The summed E-state index contributed by atoms with van der Waals surface area (Å²) < 4.78 is 0. The van der Waals surface area contributed by atoms with Crippen molar-refractivity contribution in [3.8, 4) is 0 Å². The van der Waals surface area contributed by atoms with Crippen LogP contribution in [0.15, 0.2) is 60.8 Å². The first-order valence-electron chi connectivity index (χ1n) is 7.15. The van der Waals surface area contributed by atoms with E-state index in [0.29, 0.717) is 5.69 Å². The molecule has 0 atom stereocenters. The summed E-state index contributed by atoms with van der Waals surface area (Å²) in [5.74, 6) is -0.794. The lowest BCUT2D eigenvalue weighted by molar-refractivity contribution is -0.115. The highest BCUT2D eigenvalue weighted by Crippen LogP contribution is 2.16. The highest BCUT2D eigenvalue weighted by Gasteiger charge is 2.07. The zero-order chi connectivity index (χ0) is 16.2. The Morgan fingerprint density at radius 2 is 1.78 bits per heavy atom. The Balaban J connectivity index is 1.73. The zero-order valence-corrected chi connectivity index (χ0v) is 12.3. The first-order valence-corrected chi connectivity index (χ1v) is 7.15. The molecule has 0 spiro atoms. The third kappa shape index (κ3) is 3.52. The maximum Gasteiger partial charge on any atom is 0.267 e.